The van der Waals surface area contributed by atoms with Crippen LogP contribution >= 0.6 is 11.5 Å². The quantitative estimate of drug-likeness (QED) is 0.812. The zero-order valence-electron chi connectivity index (χ0n) is 16.1. The van der Waals surface area contributed by atoms with Gasteiger partial charge in [0.1, 0.15) is 0 Å². The minimum atomic E-state index is 0.231. The van der Waals surface area contributed by atoms with Gasteiger partial charge < -0.3 is 4.90 Å². The van der Waals surface area contributed by atoms with E-state index >= 15 is 0 Å². The van der Waals surface area contributed by atoms with Crippen molar-refractivity contribution in [3.05, 3.63) is 47.0 Å². The first-order valence-corrected chi connectivity index (χ1v) is 10.8. The van der Waals surface area contributed by atoms with Gasteiger partial charge in [-0.05, 0) is 35.4 Å². The SMILES string of the molecule is CC1CC(C)CN(CC(=O)N2C[C@@H](c3ccccc3)[C@H](c3csnn3)C2)C1. The fraction of sp³-hybridized carbons (Fsp3) is 0.571. The summed E-state index contributed by atoms with van der Waals surface area (Å²) in [4.78, 5) is 17.5. The van der Waals surface area contributed by atoms with E-state index in [1.54, 1.807) is 0 Å². The molecule has 0 radical (unpaired) electrons. The van der Waals surface area contributed by atoms with Gasteiger partial charge in [0.05, 0.1) is 12.2 Å². The van der Waals surface area contributed by atoms with Crippen molar-refractivity contribution in [3.63, 3.8) is 0 Å². The molecule has 27 heavy (non-hydrogen) atoms. The predicted octanol–water partition coefficient (Wildman–Crippen LogP) is 3.23. The lowest BCUT2D eigenvalue weighted by molar-refractivity contribution is -0.132. The largest absolute Gasteiger partial charge is 0.340 e. The third-order valence-corrected chi connectivity index (χ3v) is 6.48. The number of piperidine rings is 1. The molecule has 144 valence electrons. The van der Waals surface area contributed by atoms with Crippen molar-refractivity contribution in [3.8, 4) is 0 Å². The molecule has 0 saturated carbocycles. The van der Waals surface area contributed by atoms with Crippen molar-refractivity contribution in [2.24, 2.45) is 11.8 Å². The second-order valence-electron chi connectivity index (χ2n) is 8.39. The molecule has 0 aliphatic carbocycles. The Morgan fingerprint density at radius 1 is 1.07 bits per heavy atom. The van der Waals surface area contributed by atoms with Crippen LogP contribution in [0.2, 0.25) is 0 Å². The van der Waals surface area contributed by atoms with E-state index in [2.05, 4.69) is 52.6 Å². The van der Waals surface area contributed by atoms with Crippen molar-refractivity contribution in [2.45, 2.75) is 32.1 Å². The van der Waals surface area contributed by atoms with E-state index in [-0.39, 0.29) is 11.8 Å². The van der Waals surface area contributed by atoms with Crippen LogP contribution in [-0.4, -0.2) is 58.0 Å². The fourth-order valence-electron chi connectivity index (χ4n) is 4.89. The molecule has 6 heteroatoms. The van der Waals surface area contributed by atoms with Crippen LogP contribution in [0.15, 0.2) is 35.7 Å². The summed E-state index contributed by atoms with van der Waals surface area (Å²) in [5, 5.41) is 6.35. The van der Waals surface area contributed by atoms with Gasteiger partial charge in [0, 0.05) is 43.4 Å². The normalized spacial score (nSPS) is 29.2. The Kier molecular flexibility index (Phi) is 5.55. The molecule has 4 rings (SSSR count). The summed E-state index contributed by atoms with van der Waals surface area (Å²) >= 11 is 1.39. The molecule has 1 aromatic carbocycles. The van der Waals surface area contributed by atoms with Gasteiger partial charge in [-0.3, -0.25) is 9.69 Å². The first-order valence-electron chi connectivity index (χ1n) is 9.92. The second-order valence-corrected chi connectivity index (χ2v) is 9.00. The van der Waals surface area contributed by atoms with Crippen LogP contribution < -0.4 is 0 Å². The standard InChI is InChI=1S/C21H28N4OS/c1-15-8-16(2)10-24(9-15)13-21(26)25-11-18(17-6-4-3-5-7-17)19(12-25)20-14-27-23-22-20/h3-7,14-16,18-19H,8-13H2,1-2H3/t15?,16?,18-,19+/m0/s1. The molecule has 2 fully saturated rings. The maximum absolute atomic E-state index is 13.1. The number of benzene rings is 1. The molecule has 2 aliphatic heterocycles. The molecular weight excluding hydrogens is 356 g/mol. The number of rotatable bonds is 4. The lowest BCUT2D eigenvalue weighted by atomic mass is 9.87. The third-order valence-electron chi connectivity index (χ3n) is 5.96. The Labute approximate surface area is 165 Å². The third kappa shape index (κ3) is 4.22. The highest BCUT2D eigenvalue weighted by atomic mass is 32.1. The minimum absolute atomic E-state index is 0.231. The van der Waals surface area contributed by atoms with Crippen LogP contribution in [0.25, 0.3) is 0 Å². The van der Waals surface area contributed by atoms with Gasteiger partial charge in [-0.1, -0.05) is 48.7 Å². The first-order chi connectivity index (χ1) is 13.1. The van der Waals surface area contributed by atoms with E-state index in [0.717, 1.165) is 31.9 Å². The van der Waals surface area contributed by atoms with E-state index in [1.807, 2.05) is 16.3 Å². The molecule has 1 amide bonds. The van der Waals surface area contributed by atoms with Crippen LogP contribution in [0, 0.1) is 11.8 Å². The molecule has 0 N–H and O–H groups in total. The summed E-state index contributed by atoms with van der Waals surface area (Å²) in [6.07, 6.45) is 1.27. The lowest BCUT2D eigenvalue weighted by Gasteiger charge is -2.35. The van der Waals surface area contributed by atoms with E-state index in [9.17, 15) is 4.79 Å². The monoisotopic (exact) mass is 384 g/mol. The molecule has 2 aliphatic rings. The second kappa shape index (κ2) is 8.07. The highest BCUT2D eigenvalue weighted by Crippen LogP contribution is 2.39. The number of aromatic nitrogens is 2. The topological polar surface area (TPSA) is 49.3 Å². The summed E-state index contributed by atoms with van der Waals surface area (Å²) in [7, 11) is 0. The van der Waals surface area contributed by atoms with E-state index < -0.39 is 0 Å². The molecule has 4 atom stereocenters. The number of hydrogen-bond acceptors (Lipinski definition) is 5. The average Bonchev–Trinajstić information content (AvgIpc) is 3.31. The van der Waals surface area contributed by atoms with Crippen molar-refractivity contribution in [1.29, 1.82) is 0 Å². The van der Waals surface area contributed by atoms with Gasteiger partial charge in [-0.25, -0.2) is 0 Å². The van der Waals surface area contributed by atoms with Crippen molar-refractivity contribution in [2.75, 3.05) is 32.7 Å². The summed E-state index contributed by atoms with van der Waals surface area (Å²) in [6.45, 7) is 8.70. The minimum Gasteiger partial charge on any atom is -0.340 e. The molecule has 2 aromatic rings. The summed E-state index contributed by atoms with van der Waals surface area (Å²) < 4.78 is 4.06. The van der Waals surface area contributed by atoms with Crippen LogP contribution in [0.1, 0.15) is 43.4 Å². The maximum Gasteiger partial charge on any atom is 0.236 e. The molecule has 1 aromatic heterocycles. The number of hydrogen-bond donors (Lipinski definition) is 0. The fourth-order valence-corrected chi connectivity index (χ4v) is 5.41. The smallest absolute Gasteiger partial charge is 0.236 e. The highest BCUT2D eigenvalue weighted by Gasteiger charge is 2.38. The van der Waals surface area contributed by atoms with Gasteiger partial charge in [0.15, 0.2) is 0 Å². The zero-order valence-corrected chi connectivity index (χ0v) is 16.9. The maximum atomic E-state index is 13.1. The Morgan fingerprint density at radius 2 is 1.78 bits per heavy atom. The molecule has 5 nitrogen and oxygen atoms in total. The molecule has 2 saturated heterocycles. The summed E-state index contributed by atoms with van der Waals surface area (Å²) in [5.41, 5.74) is 2.30. The Balaban J connectivity index is 1.48. The van der Waals surface area contributed by atoms with Gasteiger partial charge in [0.25, 0.3) is 0 Å². The van der Waals surface area contributed by atoms with Crippen molar-refractivity contribution in [1.82, 2.24) is 19.4 Å². The number of carbonyl (C=O) groups is 1. The molecule has 0 spiro atoms. The van der Waals surface area contributed by atoms with E-state index in [0.29, 0.717) is 24.3 Å². The lowest BCUT2D eigenvalue weighted by Crippen LogP contribution is -2.45. The van der Waals surface area contributed by atoms with Gasteiger partial charge in [-0.15, -0.1) is 5.10 Å². The zero-order chi connectivity index (χ0) is 18.8. The average molecular weight is 385 g/mol. The van der Waals surface area contributed by atoms with Crippen LogP contribution in [0.5, 0.6) is 0 Å². The molecule has 0 bridgehead atoms. The molecule has 3 heterocycles. The van der Waals surface area contributed by atoms with Gasteiger partial charge in [0.2, 0.25) is 5.91 Å². The van der Waals surface area contributed by atoms with Crippen molar-refractivity contribution < 1.29 is 4.79 Å². The van der Waals surface area contributed by atoms with E-state index in [1.165, 1.54) is 23.5 Å². The summed E-state index contributed by atoms with van der Waals surface area (Å²) in [5.74, 6) is 2.12. The highest BCUT2D eigenvalue weighted by molar-refractivity contribution is 7.03. The predicted molar refractivity (Wildman–Crippen MR) is 108 cm³/mol. The summed E-state index contributed by atoms with van der Waals surface area (Å²) in [6, 6.07) is 10.5. The first kappa shape index (κ1) is 18.6. The molecular formula is C21H28N4OS. The molecule has 2 unspecified atom stereocenters. The number of nitrogens with zero attached hydrogens (tertiary/aromatic N) is 4. The number of likely N-dealkylation sites (tertiary alicyclic amines) is 2. The van der Waals surface area contributed by atoms with Crippen LogP contribution in [-0.2, 0) is 4.79 Å². The van der Waals surface area contributed by atoms with Crippen LogP contribution in [0.4, 0.5) is 0 Å². The number of carbonyl (C=O) groups excluding carboxylic acids is 1. The van der Waals surface area contributed by atoms with Crippen LogP contribution in [0.3, 0.4) is 0 Å². The van der Waals surface area contributed by atoms with Gasteiger partial charge >= 0.3 is 0 Å². The Hall–Kier alpha value is -1.79. The van der Waals surface area contributed by atoms with Gasteiger partial charge in [-0.2, -0.15) is 0 Å². The van der Waals surface area contributed by atoms with Crippen molar-refractivity contribution >= 4 is 17.4 Å². The number of amides is 1. The van der Waals surface area contributed by atoms with E-state index in [4.69, 9.17) is 0 Å². The Morgan fingerprint density at radius 3 is 2.44 bits per heavy atom. The Bertz CT molecular complexity index is 741.